The molecule has 0 saturated heterocycles. The Kier molecular flexibility index (Phi) is 1.34. The highest BCUT2D eigenvalue weighted by atomic mass is 16.1. The molecule has 2 N–H and O–H groups in total. The molecule has 1 aliphatic rings. The van der Waals surface area contributed by atoms with E-state index in [-0.39, 0.29) is 0 Å². The molecule has 0 aromatic heterocycles. The van der Waals surface area contributed by atoms with Gasteiger partial charge in [0.25, 0.3) is 0 Å². The van der Waals surface area contributed by atoms with E-state index in [1.807, 2.05) is 0 Å². The van der Waals surface area contributed by atoms with Gasteiger partial charge in [-0.3, -0.25) is 4.79 Å². The minimum absolute atomic E-state index is 0.306. The van der Waals surface area contributed by atoms with Gasteiger partial charge >= 0.3 is 0 Å². The number of nitrogens with two attached hydrogens (primary N) is 1. The van der Waals surface area contributed by atoms with E-state index in [4.69, 9.17) is 5.73 Å². The summed E-state index contributed by atoms with van der Waals surface area (Å²) in [4.78, 5) is 10.5. The summed E-state index contributed by atoms with van der Waals surface area (Å²) in [6.45, 7) is 2.32. The normalized spacial score (nSPS) is 34.8. The largest absolute Gasteiger partial charge is 0.330 e. The number of rotatable bonds is 2. The zero-order valence-electron chi connectivity index (χ0n) is 5.05. The van der Waals surface area contributed by atoms with Crippen molar-refractivity contribution in [2.24, 2.45) is 17.6 Å². The molecule has 0 radical (unpaired) electrons. The highest BCUT2D eigenvalue weighted by molar-refractivity contribution is 5.81. The predicted octanol–water partition coefficient (Wildman–Crippen LogP) is 0.170. The SMILES string of the molecule is CC(=O)[C@@H]1C[C@@H]1CN. The van der Waals surface area contributed by atoms with E-state index in [9.17, 15) is 4.79 Å². The van der Waals surface area contributed by atoms with Crippen LogP contribution in [0.25, 0.3) is 0 Å². The van der Waals surface area contributed by atoms with Crippen molar-refractivity contribution in [3.8, 4) is 0 Å². The Bertz CT molecular complexity index is 111. The van der Waals surface area contributed by atoms with E-state index < -0.39 is 0 Å². The molecule has 1 fully saturated rings. The summed E-state index contributed by atoms with van der Waals surface area (Å²) >= 11 is 0. The van der Waals surface area contributed by atoms with Gasteiger partial charge in [-0.15, -0.1) is 0 Å². The van der Waals surface area contributed by atoms with Crippen molar-refractivity contribution in [1.29, 1.82) is 0 Å². The van der Waals surface area contributed by atoms with Gasteiger partial charge < -0.3 is 5.73 Å². The van der Waals surface area contributed by atoms with Crippen molar-refractivity contribution < 1.29 is 4.79 Å². The summed E-state index contributed by atoms with van der Waals surface area (Å²) in [5.41, 5.74) is 5.31. The number of Topliss-reactive ketones (excluding diaryl/α,β-unsaturated/α-hetero) is 1. The lowest BCUT2D eigenvalue weighted by atomic mass is 10.2. The molecule has 0 aromatic carbocycles. The lowest BCUT2D eigenvalue weighted by molar-refractivity contribution is -0.118. The van der Waals surface area contributed by atoms with E-state index in [0.717, 1.165) is 6.42 Å². The third kappa shape index (κ3) is 0.892. The highest BCUT2D eigenvalue weighted by Crippen LogP contribution is 2.37. The molecule has 0 bridgehead atoms. The van der Waals surface area contributed by atoms with Crippen LogP contribution in [0, 0.1) is 11.8 Å². The quantitative estimate of drug-likeness (QED) is 0.554. The Labute approximate surface area is 49.1 Å². The van der Waals surface area contributed by atoms with Gasteiger partial charge in [0.05, 0.1) is 0 Å². The minimum atomic E-state index is 0.306. The number of hydrogen-bond donors (Lipinski definition) is 1. The van der Waals surface area contributed by atoms with Crippen LogP contribution in [0.5, 0.6) is 0 Å². The van der Waals surface area contributed by atoms with Crippen LogP contribution in [0.2, 0.25) is 0 Å². The first-order valence-corrected chi connectivity index (χ1v) is 2.96. The van der Waals surface area contributed by atoms with Gasteiger partial charge in [-0.1, -0.05) is 0 Å². The number of hydrogen-bond acceptors (Lipinski definition) is 2. The van der Waals surface area contributed by atoms with Crippen LogP contribution in [0.3, 0.4) is 0 Å². The zero-order chi connectivity index (χ0) is 6.15. The molecule has 0 unspecified atom stereocenters. The van der Waals surface area contributed by atoms with Crippen LogP contribution >= 0.6 is 0 Å². The summed E-state index contributed by atoms with van der Waals surface area (Å²) in [5, 5.41) is 0. The fourth-order valence-electron chi connectivity index (χ4n) is 1.01. The Morgan fingerprint density at radius 3 is 2.62 bits per heavy atom. The molecular formula is C6H11NO. The van der Waals surface area contributed by atoms with Gasteiger partial charge in [0.15, 0.2) is 0 Å². The van der Waals surface area contributed by atoms with Gasteiger partial charge in [0.2, 0.25) is 0 Å². The predicted molar refractivity (Wildman–Crippen MR) is 31.3 cm³/mol. The third-order valence-electron chi connectivity index (χ3n) is 1.75. The second-order valence-electron chi connectivity index (χ2n) is 2.45. The van der Waals surface area contributed by atoms with Gasteiger partial charge in [0.1, 0.15) is 5.78 Å². The van der Waals surface area contributed by atoms with Crippen molar-refractivity contribution in [2.45, 2.75) is 13.3 Å². The van der Waals surface area contributed by atoms with E-state index in [0.29, 0.717) is 24.2 Å². The van der Waals surface area contributed by atoms with Gasteiger partial charge in [-0.2, -0.15) is 0 Å². The molecule has 0 heterocycles. The van der Waals surface area contributed by atoms with E-state index in [1.165, 1.54) is 0 Å². The Hall–Kier alpha value is -0.370. The van der Waals surface area contributed by atoms with Crippen LogP contribution in [0.4, 0.5) is 0 Å². The zero-order valence-corrected chi connectivity index (χ0v) is 5.05. The maximum Gasteiger partial charge on any atom is 0.133 e. The molecule has 1 aliphatic carbocycles. The smallest absolute Gasteiger partial charge is 0.133 e. The molecule has 8 heavy (non-hydrogen) atoms. The van der Waals surface area contributed by atoms with Gasteiger partial charge in [0, 0.05) is 5.92 Å². The molecule has 0 amide bonds. The Morgan fingerprint density at radius 2 is 2.50 bits per heavy atom. The topological polar surface area (TPSA) is 43.1 Å². The molecule has 2 atom stereocenters. The molecule has 0 aromatic rings. The van der Waals surface area contributed by atoms with Crippen molar-refractivity contribution in [3.05, 3.63) is 0 Å². The minimum Gasteiger partial charge on any atom is -0.330 e. The first-order valence-electron chi connectivity index (χ1n) is 2.96. The molecule has 2 nitrogen and oxygen atoms in total. The van der Waals surface area contributed by atoms with Crippen molar-refractivity contribution >= 4 is 5.78 Å². The fraction of sp³-hybridized carbons (Fsp3) is 0.833. The maximum absolute atomic E-state index is 10.5. The average molecular weight is 113 g/mol. The van der Waals surface area contributed by atoms with Gasteiger partial charge in [-0.05, 0) is 25.8 Å². The van der Waals surface area contributed by atoms with E-state index in [2.05, 4.69) is 0 Å². The lowest BCUT2D eigenvalue weighted by Gasteiger charge is -1.86. The molecule has 1 saturated carbocycles. The average Bonchev–Trinajstić information content (AvgIpc) is 2.42. The van der Waals surface area contributed by atoms with E-state index in [1.54, 1.807) is 6.92 Å². The molecule has 2 heteroatoms. The van der Waals surface area contributed by atoms with Crippen LogP contribution in [-0.2, 0) is 4.79 Å². The van der Waals surface area contributed by atoms with Crippen molar-refractivity contribution in [1.82, 2.24) is 0 Å². The first-order chi connectivity index (χ1) is 3.75. The second-order valence-corrected chi connectivity index (χ2v) is 2.45. The summed E-state index contributed by atoms with van der Waals surface area (Å²) in [7, 11) is 0. The summed E-state index contributed by atoms with van der Waals surface area (Å²) in [5.74, 6) is 1.15. The van der Waals surface area contributed by atoms with Crippen LogP contribution in [-0.4, -0.2) is 12.3 Å². The molecule has 0 spiro atoms. The molecular weight excluding hydrogens is 102 g/mol. The number of carbonyl (C=O) groups excluding carboxylic acids is 1. The second kappa shape index (κ2) is 1.86. The molecule has 0 aliphatic heterocycles. The van der Waals surface area contributed by atoms with Crippen LogP contribution in [0.15, 0.2) is 0 Å². The number of ketones is 1. The molecule has 1 rings (SSSR count). The molecule has 46 valence electrons. The van der Waals surface area contributed by atoms with Crippen LogP contribution in [0.1, 0.15) is 13.3 Å². The standard InChI is InChI=1S/C6H11NO/c1-4(8)6-2-5(6)3-7/h5-6H,2-3,7H2,1H3/t5-,6+/m1/s1. The van der Waals surface area contributed by atoms with Crippen LogP contribution < -0.4 is 5.73 Å². The Balaban J connectivity index is 2.26. The third-order valence-corrected chi connectivity index (χ3v) is 1.75. The van der Waals surface area contributed by atoms with E-state index >= 15 is 0 Å². The fourth-order valence-corrected chi connectivity index (χ4v) is 1.01. The van der Waals surface area contributed by atoms with Crippen molar-refractivity contribution in [3.63, 3.8) is 0 Å². The number of carbonyl (C=O) groups is 1. The Morgan fingerprint density at radius 1 is 1.88 bits per heavy atom. The van der Waals surface area contributed by atoms with Gasteiger partial charge in [-0.25, -0.2) is 0 Å². The summed E-state index contributed by atoms with van der Waals surface area (Å²) in [6, 6.07) is 0. The summed E-state index contributed by atoms with van der Waals surface area (Å²) < 4.78 is 0. The maximum atomic E-state index is 10.5. The monoisotopic (exact) mass is 113 g/mol. The summed E-state index contributed by atoms with van der Waals surface area (Å²) in [6.07, 6.45) is 1.03. The lowest BCUT2D eigenvalue weighted by Crippen LogP contribution is -2.05. The van der Waals surface area contributed by atoms with Crippen molar-refractivity contribution in [2.75, 3.05) is 6.54 Å². The first kappa shape index (κ1) is 5.76. The highest BCUT2D eigenvalue weighted by Gasteiger charge is 2.38.